The van der Waals surface area contributed by atoms with Gasteiger partial charge in [-0.25, -0.2) is 0 Å². The first kappa shape index (κ1) is 15.1. The molecule has 0 aliphatic carbocycles. The number of carboxylic acids is 1. The zero-order chi connectivity index (χ0) is 15.1. The summed E-state index contributed by atoms with van der Waals surface area (Å²) in [6, 6.07) is 9.09. The maximum atomic E-state index is 11.1. The molecule has 2 aromatic rings. The van der Waals surface area contributed by atoms with Crippen LogP contribution in [0.5, 0.6) is 0 Å². The van der Waals surface area contributed by atoms with E-state index < -0.39 is 12.0 Å². The molecule has 1 unspecified atom stereocenters. The van der Waals surface area contributed by atoms with Crippen molar-refractivity contribution in [2.75, 3.05) is 6.54 Å². The van der Waals surface area contributed by atoms with Crippen LogP contribution in [0.4, 0.5) is 0 Å². The van der Waals surface area contributed by atoms with Crippen molar-refractivity contribution >= 4 is 5.97 Å². The minimum absolute atomic E-state index is 0.518. The van der Waals surface area contributed by atoms with Gasteiger partial charge < -0.3 is 10.4 Å². The second-order valence-electron chi connectivity index (χ2n) is 4.73. The van der Waals surface area contributed by atoms with Gasteiger partial charge in [0.05, 0.1) is 5.69 Å². The lowest BCUT2D eigenvalue weighted by molar-refractivity contribution is -0.139. The second-order valence-corrected chi connectivity index (χ2v) is 4.73. The van der Waals surface area contributed by atoms with Crippen LogP contribution in [0, 0.1) is 0 Å². The van der Waals surface area contributed by atoms with Gasteiger partial charge in [-0.05, 0) is 29.0 Å². The molecule has 1 atom stereocenters. The molecule has 0 radical (unpaired) electrons. The van der Waals surface area contributed by atoms with Crippen molar-refractivity contribution in [3.8, 4) is 5.69 Å². The molecule has 0 bridgehead atoms. The molecule has 0 aliphatic heterocycles. The summed E-state index contributed by atoms with van der Waals surface area (Å²) in [4.78, 5) is 11.1. The van der Waals surface area contributed by atoms with Gasteiger partial charge in [-0.1, -0.05) is 31.5 Å². The van der Waals surface area contributed by atoms with Crippen LogP contribution in [-0.4, -0.2) is 43.9 Å². The summed E-state index contributed by atoms with van der Waals surface area (Å²) in [5, 5.41) is 23.8. The van der Waals surface area contributed by atoms with Crippen LogP contribution >= 0.6 is 0 Å². The van der Waals surface area contributed by atoms with E-state index in [1.165, 1.54) is 0 Å². The third-order valence-corrected chi connectivity index (χ3v) is 3.15. The third-order valence-electron chi connectivity index (χ3n) is 3.15. The van der Waals surface area contributed by atoms with E-state index in [1.807, 2.05) is 37.3 Å². The van der Waals surface area contributed by atoms with Crippen LogP contribution in [0.15, 0.2) is 30.3 Å². The highest BCUT2D eigenvalue weighted by Gasteiger charge is 2.16. The number of carbonyl (C=O) groups is 1. The normalized spacial score (nSPS) is 12.2. The standard InChI is InChI=1S/C14H19N5O2/c1-2-6-12(14(20)21)15-10-9-13-16-17-18-19(13)11-7-4-3-5-8-11/h3-5,7-8,12,15H,2,6,9-10H2,1H3,(H,20,21). The first-order chi connectivity index (χ1) is 10.2. The van der Waals surface area contributed by atoms with Crippen LogP contribution in [-0.2, 0) is 11.2 Å². The topological polar surface area (TPSA) is 92.9 Å². The molecule has 0 spiro atoms. The van der Waals surface area contributed by atoms with Crippen molar-refractivity contribution in [3.05, 3.63) is 36.2 Å². The number of hydrogen-bond acceptors (Lipinski definition) is 5. The van der Waals surface area contributed by atoms with E-state index in [-0.39, 0.29) is 0 Å². The Bertz CT molecular complexity index is 570. The van der Waals surface area contributed by atoms with E-state index in [0.29, 0.717) is 25.2 Å². The molecule has 1 aromatic carbocycles. The Hall–Kier alpha value is -2.28. The molecule has 0 fully saturated rings. The van der Waals surface area contributed by atoms with Crippen LogP contribution in [0.25, 0.3) is 5.69 Å². The molecule has 7 heteroatoms. The highest BCUT2D eigenvalue weighted by Crippen LogP contribution is 2.07. The zero-order valence-electron chi connectivity index (χ0n) is 11.9. The Balaban J connectivity index is 1.96. The van der Waals surface area contributed by atoms with Gasteiger partial charge in [-0.3, -0.25) is 4.79 Å². The highest BCUT2D eigenvalue weighted by molar-refractivity contribution is 5.73. The lowest BCUT2D eigenvalue weighted by Crippen LogP contribution is -2.37. The van der Waals surface area contributed by atoms with E-state index in [9.17, 15) is 4.79 Å². The van der Waals surface area contributed by atoms with Crippen molar-refractivity contribution in [2.24, 2.45) is 0 Å². The molecule has 0 aliphatic rings. The van der Waals surface area contributed by atoms with E-state index in [0.717, 1.165) is 12.1 Å². The molecule has 0 saturated carbocycles. The Morgan fingerprint density at radius 3 is 2.81 bits per heavy atom. The van der Waals surface area contributed by atoms with Gasteiger partial charge in [0.15, 0.2) is 5.82 Å². The second kappa shape index (κ2) is 7.49. The maximum absolute atomic E-state index is 11.1. The van der Waals surface area contributed by atoms with Crippen molar-refractivity contribution in [2.45, 2.75) is 32.2 Å². The fourth-order valence-electron chi connectivity index (χ4n) is 2.09. The average molecular weight is 289 g/mol. The van der Waals surface area contributed by atoms with Crippen molar-refractivity contribution in [1.29, 1.82) is 0 Å². The van der Waals surface area contributed by atoms with Gasteiger partial charge in [0.2, 0.25) is 0 Å². The fraction of sp³-hybridized carbons (Fsp3) is 0.429. The average Bonchev–Trinajstić information content (AvgIpc) is 2.95. The fourth-order valence-corrected chi connectivity index (χ4v) is 2.09. The largest absolute Gasteiger partial charge is 0.480 e. The molecule has 1 heterocycles. The lowest BCUT2D eigenvalue weighted by Gasteiger charge is -2.13. The number of para-hydroxylation sites is 1. The Labute approximate surface area is 123 Å². The number of tetrazole rings is 1. The summed E-state index contributed by atoms with van der Waals surface area (Å²) in [6.45, 7) is 2.48. The first-order valence-electron chi connectivity index (χ1n) is 7.01. The predicted octanol–water partition coefficient (Wildman–Crippen LogP) is 1.05. The van der Waals surface area contributed by atoms with Gasteiger partial charge in [0, 0.05) is 13.0 Å². The Kier molecular flexibility index (Phi) is 5.39. The van der Waals surface area contributed by atoms with Gasteiger partial charge in [0.25, 0.3) is 0 Å². The molecular weight excluding hydrogens is 270 g/mol. The van der Waals surface area contributed by atoms with E-state index >= 15 is 0 Å². The number of carboxylic acid groups (broad SMARTS) is 1. The van der Waals surface area contributed by atoms with Crippen molar-refractivity contribution < 1.29 is 9.90 Å². The van der Waals surface area contributed by atoms with Crippen molar-refractivity contribution in [3.63, 3.8) is 0 Å². The Morgan fingerprint density at radius 2 is 2.14 bits per heavy atom. The minimum atomic E-state index is -0.820. The number of aliphatic carboxylic acids is 1. The van der Waals surface area contributed by atoms with E-state index in [2.05, 4.69) is 20.8 Å². The van der Waals surface area contributed by atoms with Crippen LogP contribution in [0.1, 0.15) is 25.6 Å². The number of benzene rings is 1. The van der Waals surface area contributed by atoms with Gasteiger partial charge >= 0.3 is 5.97 Å². The van der Waals surface area contributed by atoms with Gasteiger partial charge in [0.1, 0.15) is 6.04 Å². The summed E-state index contributed by atoms with van der Waals surface area (Å²) < 4.78 is 1.66. The number of rotatable bonds is 8. The summed E-state index contributed by atoms with van der Waals surface area (Å²) in [7, 11) is 0. The van der Waals surface area contributed by atoms with Crippen LogP contribution in [0.3, 0.4) is 0 Å². The molecular formula is C14H19N5O2. The SMILES string of the molecule is CCCC(NCCc1nnnn1-c1ccccc1)C(=O)O. The van der Waals surface area contributed by atoms with E-state index in [1.54, 1.807) is 4.68 Å². The molecule has 1 aromatic heterocycles. The minimum Gasteiger partial charge on any atom is -0.480 e. The number of nitrogens with zero attached hydrogens (tertiary/aromatic N) is 4. The third kappa shape index (κ3) is 4.09. The summed E-state index contributed by atoms with van der Waals surface area (Å²) in [6.07, 6.45) is 2.00. The molecule has 2 rings (SSSR count). The lowest BCUT2D eigenvalue weighted by atomic mass is 10.1. The maximum Gasteiger partial charge on any atom is 0.320 e. The zero-order valence-corrected chi connectivity index (χ0v) is 11.9. The molecule has 2 N–H and O–H groups in total. The van der Waals surface area contributed by atoms with E-state index in [4.69, 9.17) is 5.11 Å². The Morgan fingerprint density at radius 1 is 1.38 bits per heavy atom. The quantitative estimate of drug-likeness (QED) is 0.754. The monoisotopic (exact) mass is 289 g/mol. The van der Waals surface area contributed by atoms with Gasteiger partial charge in [-0.2, -0.15) is 4.68 Å². The highest BCUT2D eigenvalue weighted by atomic mass is 16.4. The van der Waals surface area contributed by atoms with Crippen molar-refractivity contribution in [1.82, 2.24) is 25.5 Å². The molecule has 112 valence electrons. The van der Waals surface area contributed by atoms with Crippen LogP contribution < -0.4 is 5.32 Å². The molecule has 0 amide bonds. The smallest absolute Gasteiger partial charge is 0.320 e. The first-order valence-corrected chi connectivity index (χ1v) is 7.01. The summed E-state index contributed by atoms with van der Waals surface area (Å²) in [5.41, 5.74) is 0.890. The number of nitrogens with one attached hydrogen (secondary N) is 1. The summed E-state index contributed by atoms with van der Waals surface area (Å²) in [5.74, 6) is -0.117. The number of aromatic nitrogens is 4. The van der Waals surface area contributed by atoms with Gasteiger partial charge in [-0.15, -0.1) is 5.10 Å². The number of hydrogen-bond donors (Lipinski definition) is 2. The molecule has 7 nitrogen and oxygen atoms in total. The van der Waals surface area contributed by atoms with Crippen LogP contribution in [0.2, 0.25) is 0 Å². The summed E-state index contributed by atoms with van der Waals surface area (Å²) >= 11 is 0. The predicted molar refractivity (Wildman–Crippen MR) is 77.2 cm³/mol. The molecule has 0 saturated heterocycles. The molecule has 21 heavy (non-hydrogen) atoms.